The molecule has 2 rings (SSSR count). The maximum atomic E-state index is 6.00. The van der Waals surface area contributed by atoms with Crippen LogP contribution in [0.3, 0.4) is 0 Å². The lowest BCUT2D eigenvalue weighted by molar-refractivity contribution is 0.415. The van der Waals surface area contributed by atoms with Crippen LogP contribution in [0, 0.1) is 13.8 Å². The van der Waals surface area contributed by atoms with Gasteiger partial charge in [0.1, 0.15) is 5.75 Å². The van der Waals surface area contributed by atoms with Crippen LogP contribution in [0.25, 0.3) is 0 Å². The van der Waals surface area contributed by atoms with E-state index in [0.29, 0.717) is 10.8 Å². The molecule has 1 N–H and O–H groups in total. The molecule has 0 aliphatic heterocycles. The van der Waals surface area contributed by atoms with Crippen LogP contribution in [0.15, 0.2) is 36.4 Å². The molecule has 100 valence electrons. The standard InChI is InChI=1S/C16H18ClNO/c1-11-4-5-13(8-12(11)2)10-18-14-6-7-15(17)16(9-14)19-3/h4-9,18H,10H2,1-3H3. The van der Waals surface area contributed by atoms with Gasteiger partial charge in [-0.15, -0.1) is 0 Å². The van der Waals surface area contributed by atoms with Crippen molar-refractivity contribution in [2.24, 2.45) is 0 Å². The highest BCUT2D eigenvalue weighted by Gasteiger charge is 2.02. The Bertz CT molecular complexity index is 581. The van der Waals surface area contributed by atoms with Crippen molar-refractivity contribution in [3.8, 4) is 5.75 Å². The van der Waals surface area contributed by atoms with Crippen molar-refractivity contribution in [3.63, 3.8) is 0 Å². The van der Waals surface area contributed by atoms with Crippen LogP contribution in [0.5, 0.6) is 5.75 Å². The lowest BCUT2D eigenvalue weighted by Crippen LogP contribution is -2.00. The number of anilines is 1. The van der Waals surface area contributed by atoms with Gasteiger partial charge in [-0.05, 0) is 42.7 Å². The minimum atomic E-state index is 0.624. The van der Waals surface area contributed by atoms with E-state index in [4.69, 9.17) is 16.3 Å². The first kappa shape index (κ1) is 13.8. The Kier molecular flexibility index (Phi) is 4.33. The van der Waals surface area contributed by atoms with Gasteiger partial charge < -0.3 is 10.1 Å². The Labute approximate surface area is 119 Å². The molecule has 0 atom stereocenters. The molecule has 2 nitrogen and oxygen atoms in total. The maximum absolute atomic E-state index is 6.00. The molecule has 0 heterocycles. The molecule has 0 aromatic heterocycles. The molecule has 19 heavy (non-hydrogen) atoms. The van der Waals surface area contributed by atoms with Gasteiger partial charge in [-0.25, -0.2) is 0 Å². The zero-order valence-corrected chi connectivity index (χ0v) is 12.2. The smallest absolute Gasteiger partial charge is 0.139 e. The van der Waals surface area contributed by atoms with Gasteiger partial charge in [0.05, 0.1) is 12.1 Å². The monoisotopic (exact) mass is 275 g/mol. The predicted octanol–water partition coefficient (Wildman–Crippen LogP) is 4.58. The molecule has 0 aliphatic carbocycles. The van der Waals surface area contributed by atoms with Gasteiger partial charge in [0.2, 0.25) is 0 Å². The largest absolute Gasteiger partial charge is 0.495 e. The Hall–Kier alpha value is -1.67. The Morgan fingerprint density at radius 2 is 1.84 bits per heavy atom. The summed E-state index contributed by atoms with van der Waals surface area (Å²) in [5.41, 5.74) is 4.89. The summed E-state index contributed by atoms with van der Waals surface area (Å²) in [6.45, 7) is 5.03. The summed E-state index contributed by atoms with van der Waals surface area (Å²) >= 11 is 6.00. The third-order valence-electron chi connectivity index (χ3n) is 3.22. The first-order valence-corrected chi connectivity index (χ1v) is 6.61. The second-order valence-electron chi connectivity index (χ2n) is 4.62. The first-order valence-electron chi connectivity index (χ1n) is 6.23. The number of halogens is 1. The fourth-order valence-electron chi connectivity index (χ4n) is 1.89. The molecule has 0 unspecified atom stereocenters. The molecule has 0 amide bonds. The molecule has 0 saturated heterocycles. The van der Waals surface area contributed by atoms with E-state index < -0.39 is 0 Å². The lowest BCUT2D eigenvalue weighted by atomic mass is 10.1. The number of hydrogen-bond donors (Lipinski definition) is 1. The van der Waals surface area contributed by atoms with E-state index in [1.165, 1.54) is 16.7 Å². The summed E-state index contributed by atoms with van der Waals surface area (Å²) in [4.78, 5) is 0. The summed E-state index contributed by atoms with van der Waals surface area (Å²) < 4.78 is 5.20. The zero-order chi connectivity index (χ0) is 13.8. The van der Waals surface area contributed by atoms with Crippen molar-refractivity contribution in [2.45, 2.75) is 20.4 Å². The Morgan fingerprint density at radius 1 is 1.05 bits per heavy atom. The van der Waals surface area contributed by atoms with Crippen molar-refractivity contribution in [1.29, 1.82) is 0 Å². The molecule has 0 bridgehead atoms. The number of benzene rings is 2. The van der Waals surface area contributed by atoms with Crippen molar-refractivity contribution < 1.29 is 4.74 Å². The second kappa shape index (κ2) is 5.98. The van der Waals surface area contributed by atoms with E-state index in [2.05, 4.69) is 37.4 Å². The average Bonchev–Trinajstić information content (AvgIpc) is 2.41. The van der Waals surface area contributed by atoms with Crippen molar-refractivity contribution >= 4 is 17.3 Å². The van der Waals surface area contributed by atoms with E-state index in [1.807, 2.05) is 18.2 Å². The number of hydrogen-bond acceptors (Lipinski definition) is 2. The van der Waals surface area contributed by atoms with Gasteiger partial charge in [-0.3, -0.25) is 0 Å². The quantitative estimate of drug-likeness (QED) is 0.882. The average molecular weight is 276 g/mol. The summed E-state index contributed by atoms with van der Waals surface area (Å²) in [7, 11) is 1.62. The lowest BCUT2D eigenvalue weighted by Gasteiger charge is -2.10. The summed E-state index contributed by atoms with van der Waals surface area (Å²) in [6, 6.07) is 12.2. The Morgan fingerprint density at radius 3 is 2.53 bits per heavy atom. The molecule has 0 spiro atoms. The number of ether oxygens (including phenoxy) is 1. The third kappa shape index (κ3) is 3.42. The van der Waals surface area contributed by atoms with Crippen LogP contribution in [-0.2, 0) is 6.54 Å². The Balaban J connectivity index is 2.07. The second-order valence-corrected chi connectivity index (χ2v) is 5.03. The van der Waals surface area contributed by atoms with Gasteiger partial charge in [0.15, 0.2) is 0 Å². The number of nitrogens with one attached hydrogen (secondary N) is 1. The van der Waals surface area contributed by atoms with Crippen molar-refractivity contribution in [2.75, 3.05) is 12.4 Å². The van der Waals surface area contributed by atoms with Gasteiger partial charge in [0.25, 0.3) is 0 Å². The molecular formula is C16H18ClNO. The highest BCUT2D eigenvalue weighted by atomic mass is 35.5. The third-order valence-corrected chi connectivity index (χ3v) is 3.53. The van der Waals surface area contributed by atoms with E-state index in [-0.39, 0.29) is 0 Å². The van der Waals surface area contributed by atoms with Crippen molar-refractivity contribution in [3.05, 3.63) is 58.1 Å². The van der Waals surface area contributed by atoms with Gasteiger partial charge >= 0.3 is 0 Å². The fourth-order valence-corrected chi connectivity index (χ4v) is 2.08. The molecule has 0 radical (unpaired) electrons. The molecule has 2 aromatic rings. The van der Waals surface area contributed by atoms with Crippen LogP contribution in [-0.4, -0.2) is 7.11 Å². The molecule has 3 heteroatoms. The van der Waals surface area contributed by atoms with Gasteiger partial charge in [0, 0.05) is 18.3 Å². The summed E-state index contributed by atoms with van der Waals surface area (Å²) in [5.74, 6) is 0.687. The zero-order valence-electron chi connectivity index (χ0n) is 11.5. The fraction of sp³-hybridized carbons (Fsp3) is 0.250. The normalized spacial score (nSPS) is 10.3. The van der Waals surface area contributed by atoms with Gasteiger partial charge in [-0.1, -0.05) is 29.8 Å². The highest BCUT2D eigenvalue weighted by molar-refractivity contribution is 6.32. The molecule has 0 saturated carbocycles. The van der Waals surface area contributed by atoms with Crippen LogP contribution < -0.4 is 10.1 Å². The topological polar surface area (TPSA) is 21.3 Å². The highest BCUT2D eigenvalue weighted by Crippen LogP contribution is 2.27. The summed E-state index contributed by atoms with van der Waals surface area (Å²) in [5, 5.41) is 4.00. The number of rotatable bonds is 4. The van der Waals surface area contributed by atoms with Crippen molar-refractivity contribution in [1.82, 2.24) is 0 Å². The van der Waals surface area contributed by atoms with E-state index in [1.54, 1.807) is 7.11 Å². The maximum Gasteiger partial charge on any atom is 0.139 e. The minimum absolute atomic E-state index is 0.624. The van der Waals surface area contributed by atoms with Crippen LogP contribution in [0.2, 0.25) is 5.02 Å². The minimum Gasteiger partial charge on any atom is -0.495 e. The molecular weight excluding hydrogens is 258 g/mol. The van der Waals surface area contributed by atoms with Crippen LogP contribution in [0.4, 0.5) is 5.69 Å². The van der Waals surface area contributed by atoms with Gasteiger partial charge in [-0.2, -0.15) is 0 Å². The molecule has 0 fully saturated rings. The van der Waals surface area contributed by atoms with E-state index in [9.17, 15) is 0 Å². The van der Waals surface area contributed by atoms with E-state index in [0.717, 1.165) is 12.2 Å². The van der Waals surface area contributed by atoms with Crippen LogP contribution >= 0.6 is 11.6 Å². The van der Waals surface area contributed by atoms with E-state index >= 15 is 0 Å². The first-order chi connectivity index (χ1) is 9.10. The predicted molar refractivity (Wildman–Crippen MR) is 81.2 cm³/mol. The number of methoxy groups -OCH3 is 1. The molecule has 2 aromatic carbocycles. The molecule has 0 aliphatic rings. The number of aryl methyl sites for hydroxylation is 2. The summed E-state index contributed by atoms with van der Waals surface area (Å²) in [6.07, 6.45) is 0. The van der Waals surface area contributed by atoms with Crippen LogP contribution in [0.1, 0.15) is 16.7 Å². The SMILES string of the molecule is COc1cc(NCc2ccc(C)c(C)c2)ccc1Cl.